The van der Waals surface area contributed by atoms with Crippen LogP contribution in [0.5, 0.6) is 0 Å². The molecule has 1 amide bonds. The minimum atomic E-state index is 0.149. The Morgan fingerprint density at radius 1 is 0.917 bits per heavy atom. The minimum Gasteiger partial charge on any atom is -0.352 e. The van der Waals surface area contributed by atoms with Crippen molar-refractivity contribution in [2.24, 2.45) is 5.92 Å². The zero-order valence-electron chi connectivity index (χ0n) is 21.0. The maximum atomic E-state index is 13.2. The lowest BCUT2D eigenvalue weighted by atomic mass is 10.1. The van der Waals surface area contributed by atoms with Crippen LogP contribution in [0, 0.1) is 19.8 Å². The summed E-state index contributed by atoms with van der Waals surface area (Å²) in [5, 5.41) is 1.19. The van der Waals surface area contributed by atoms with E-state index >= 15 is 0 Å². The van der Waals surface area contributed by atoms with E-state index in [4.69, 9.17) is 9.97 Å². The SMILES string of the molecule is Cc1sc2nc(CCc3ccccc3)nc(N3CCN(C(=O)[C@H]4C[C@H]4c4ccccc4)CC3)c2c1C. The smallest absolute Gasteiger partial charge is 0.226 e. The van der Waals surface area contributed by atoms with Gasteiger partial charge in [-0.25, -0.2) is 9.97 Å². The molecule has 2 fully saturated rings. The first kappa shape index (κ1) is 23.2. The number of thiophene rings is 1. The van der Waals surface area contributed by atoms with Crippen LogP contribution in [-0.4, -0.2) is 47.0 Å². The lowest BCUT2D eigenvalue weighted by Gasteiger charge is -2.36. The number of carbonyl (C=O) groups is 1. The molecule has 0 N–H and O–H groups in total. The summed E-state index contributed by atoms with van der Waals surface area (Å²) >= 11 is 1.77. The number of nitrogens with zero attached hydrogens (tertiary/aromatic N) is 4. The molecule has 6 heteroatoms. The van der Waals surface area contributed by atoms with Crippen molar-refractivity contribution in [1.29, 1.82) is 0 Å². The molecule has 4 aromatic rings. The van der Waals surface area contributed by atoms with Gasteiger partial charge in [0, 0.05) is 43.4 Å². The third-order valence-corrected chi connectivity index (χ3v) is 8.86. The summed E-state index contributed by atoms with van der Waals surface area (Å²) in [6, 6.07) is 21.0. The number of anilines is 1. The van der Waals surface area contributed by atoms with Gasteiger partial charge in [0.05, 0.1) is 5.39 Å². The molecule has 2 aliphatic rings. The number of amides is 1. The predicted octanol–water partition coefficient (Wildman–Crippen LogP) is 5.55. The summed E-state index contributed by atoms with van der Waals surface area (Å²) in [7, 11) is 0. The molecular formula is C30H32N4OS. The lowest BCUT2D eigenvalue weighted by molar-refractivity contribution is -0.133. The normalized spacial score (nSPS) is 19.6. The average molecular weight is 497 g/mol. The van der Waals surface area contributed by atoms with Crippen molar-refractivity contribution in [2.45, 2.75) is 39.0 Å². The first-order valence-corrected chi connectivity index (χ1v) is 13.8. The van der Waals surface area contributed by atoms with Crippen LogP contribution in [0.25, 0.3) is 10.2 Å². The topological polar surface area (TPSA) is 49.3 Å². The van der Waals surface area contributed by atoms with Gasteiger partial charge < -0.3 is 9.80 Å². The van der Waals surface area contributed by atoms with Crippen LogP contribution in [-0.2, 0) is 17.6 Å². The highest BCUT2D eigenvalue weighted by molar-refractivity contribution is 7.18. The second kappa shape index (κ2) is 9.66. The molecule has 3 heterocycles. The summed E-state index contributed by atoms with van der Waals surface area (Å²) in [5.74, 6) is 2.82. The second-order valence-corrected chi connectivity index (χ2v) is 11.3. The molecule has 184 valence electrons. The van der Waals surface area contributed by atoms with Crippen LogP contribution in [0.15, 0.2) is 60.7 Å². The van der Waals surface area contributed by atoms with Crippen LogP contribution >= 0.6 is 11.3 Å². The van der Waals surface area contributed by atoms with E-state index in [9.17, 15) is 4.79 Å². The predicted molar refractivity (Wildman–Crippen MR) is 147 cm³/mol. The van der Waals surface area contributed by atoms with Crippen LogP contribution in [0.1, 0.15) is 39.7 Å². The van der Waals surface area contributed by atoms with Crippen molar-refractivity contribution >= 4 is 33.3 Å². The molecule has 6 rings (SSSR count). The molecule has 0 bridgehead atoms. The molecule has 36 heavy (non-hydrogen) atoms. The highest BCUT2D eigenvalue weighted by Gasteiger charge is 2.46. The summed E-state index contributed by atoms with van der Waals surface area (Å²) < 4.78 is 0. The maximum absolute atomic E-state index is 13.2. The number of aryl methyl sites for hydroxylation is 4. The molecule has 0 radical (unpaired) electrons. The van der Waals surface area contributed by atoms with E-state index in [1.54, 1.807) is 11.3 Å². The molecule has 1 aliphatic heterocycles. The Labute approximate surface area is 216 Å². The minimum absolute atomic E-state index is 0.149. The fourth-order valence-corrected chi connectivity index (χ4v) is 6.47. The van der Waals surface area contributed by atoms with Gasteiger partial charge in [-0.15, -0.1) is 11.3 Å². The third kappa shape index (κ3) is 4.50. The van der Waals surface area contributed by atoms with E-state index in [0.717, 1.165) is 61.9 Å². The first-order valence-electron chi connectivity index (χ1n) is 13.0. The van der Waals surface area contributed by atoms with Gasteiger partial charge in [-0.2, -0.15) is 0 Å². The summed E-state index contributed by atoms with van der Waals surface area (Å²) in [4.78, 5) is 30.1. The van der Waals surface area contributed by atoms with Crippen molar-refractivity contribution in [3.63, 3.8) is 0 Å². The average Bonchev–Trinajstić information content (AvgIpc) is 3.68. The molecule has 0 unspecified atom stereocenters. The summed E-state index contributed by atoms with van der Waals surface area (Å²) in [5.41, 5.74) is 3.88. The van der Waals surface area contributed by atoms with E-state index < -0.39 is 0 Å². The monoisotopic (exact) mass is 496 g/mol. The summed E-state index contributed by atoms with van der Waals surface area (Å²) in [6.07, 6.45) is 2.74. The van der Waals surface area contributed by atoms with Crippen molar-refractivity contribution in [3.05, 3.63) is 88.1 Å². The number of hydrogen-bond acceptors (Lipinski definition) is 5. The van der Waals surface area contributed by atoms with Crippen molar-refractivity contribution in [2.75, 3.05) is 31.1 Å². The number of hydrogen-bond donors (Lipinski definition) is 0. The van der Waals surface area contributed by atoms with Crippen molar-refractivity contribution in [3.8, 4) is 0 Å². The fraction of sp³-hybridized carbons (Fsp3) is 0.367. The molecule has 1 saturated carbocycles. The van der Waals surface area contributed by atoms with Gasteiger partial charge >= 0.3 is 0 Å². The highest BCUT2D eigenvalue weighted by Crippen LogP contribution is 2.48. The Morgan fingerprint density at radius 2 is 1.61 bits per heavy atom. The number of carbonyl (C=O) groups excluding carboxylic acids is 1. The zero-order chi connectivity index (χ0) is 24.6. The van der Waals surface area contributed by atoms with Gasteiger partial charge in [-0.3, -0.25) is 4.79 Å². The van der Waals surface area contributed by atoms with Gasteiger partial charge in [-0.05, 0) is 49.3 Å². The Balaban J connectivity index is 1.17. The summed E-state index contributed by atoms with van der Waals surface area (Å²) in [6.45, 7) is 7.49. The Kier molecular flexibility index (Phi) is 6.22. The molecular weight excluding hydrogens is 464 g/mol. The van der Waals surface area contributed by atoms with Gasteiger partial charge in [-0.1, -0.05) is 60.7 Å². The number of benzene rings is 2. The van der Waals surface area contributed by atoms with E-state index in [-0.39, 0.29) is 5.92 Å². The standard InChI is InChI=1S/C30H32N4OS/c1-20-21(2)36-29-27(20)28(31-26(32-29)14-13-22-9-5-3-6-10-22)33-15-17-34(18-16-33)30(35)25-19-24(25)23-11-7-4-8-12-23/h3-12,24-25H,13-19H2,1-2H3/t24-,25-/m0/s1. The molecule has 5 nitrogen and oxygen atoms in total. The number of rotatable bonds is 6. The molecule has 0 spiro atoms. The molecule has 2 atom stereocenters. The lowest BCUT2D eigenvalue weighted by Crippen LogP contribution is -2.49. The molecule has 2 aromatic heterocycles. The second-order valence-electron chi connectivity index (χ2n) is 10.1. The largest absolute Gasteiger partial charge is 0.352 e. The van der Waals surface area contributed by atoms with Crippen LogP contribution < -0.4 is 4.90 Å². The first-order chi connectivity index (χ1) is 17.6. The third-order valence-electron chi connectivity index (χ3n) is 7.76. The van der Waals surface area contributed by atoms with Gasteiger partial charge in [0.1, 0.15) is 16.5 Å². The Hall–Kier alpha value is -3.25. The molecule has 1 aliphatic carbocycles. The quantitative estimate of drug-likeness (QED) is 0.351. The van der Waals surface area contributed by atoms with Gasteiger partial charge in [0.25, 0.3) is 0 Å². The van der Waals surface area contributed by atoms with E-state index in [1.807, 2.05) is 6.07 Å². The highest BCUT2D eigenvalue weighted by atomic mass is 32.1. The molecule has 1 saturated heterocycles. The van der Waals surface area contributed by atoms with Crippen LogP contribution in [0.2, 0.25) is 0 Å². The van der Waals surface area contributed by atoms with E-state index in [0.29, 0.717) is 11.8 Å². The van der Waals surface area contributed by atoms with Crippen LogP contribution in [0.3, 0.4) is 0 Å². The Morgan fingerprint density at radius 3 is 2.33 bits per heavy atom. The molecule has 2 aromatic carbocycles. The number of fused-ring (bicyclic) bond motifs is 1. The Bertz CT molecular complexity index is 1380. The fourth-order valence-electron chi connectivity index (χ4n) is 5.42. The maximum Gasteiger partial charge on any atom is 0.226 e. The zero-order valence-corrected chi connectivity index (χ0v) is 21.8. The van der Waals surface area contributed by atoms with E-state index in [1.165, 1.54) is 27.0 Å². The number of piperazine rings is 1. The number of aromatic nitrogens is 2. The van der Waals surface area contributed by atoms with Crippen molar-refractivity contribution < 1.29 is 4.79 Å². The van der Waals surface area contributed by atoms with Crippen molar-refractivity contribution in [1.82, 2.24) is 14.9 Å². The van der Waals surface area contributed by atoms with Crippen LogP contribution in [0.4, 0.5) is 5.82 Å². The van der Waals surface area contributed by atoms with E-state index in [2.05, 4.69) is 78.2 Å². The van der Waals surface area contributed by atoms with Gasteiger partial charge in [0.15, 0.2) is 0 Å². The van der Waals surface area contributed by atoms with Gasteiger partial charge in [0.2, 0.25) is 5.91 Å².